The summed E-state index contributed by atoms with van der Waals surface area (Å²) in [5.74, 6) is -2.21. The first-order valence-electron chi connectivity index (χ1n) is 10.9. The smallest absolute Gasteiger partial charge is 0.317 e. The van der Waals surface area contributed by atoms with Crippen LogP contribution in [0.3, 0.4) is 0 Å². The zero-order chi connectivity index (χ0) is 24.7. The summed E-state index contributed by atoms with van der Waals surface area (Å²) in [5.41, 5.74) is 4.65. The normalized spacial score (nSPS) is 13.5. The van der Waals surface area contributed by atoms with Crippen LogP contribution in [-0.4, -0.2) is 37.2 Å². The molecule has 0 radical (unpaired) electrons. The highest BCUT2D eigenvalue weighted by Crippen LogP contribution is 2.36. The summed E-state index contributed by atoms with van der Waals surface area (Å²) in [6, 6.07) is 4.45. The van der Waals surface area contributed by atoms with Gasteiger partial charge in [0.1, 0.15) is 0 Å². The van der Waals surface area contributed by atoms with Gasteiger partial charge in [0.2, 0.25) is 0 Å². The summed E-state index contributed by atoms with van der Waals surface area (Å²) in [6.07, 6.45) is 2.78. The third-order valence-corrected chi connectivity index (χ3v) is 6.22. The highest BCUT2D eigenvalue weighted by molar-refractivity contribution is 7.85. The molecule has 0 amide bonds. The molecule has 9 heteroatoms. The van der Waals surface area contributed by atoms with Gasteiger partial charge in [-0.3, -0.25) is 14.1 Å². The van der Waals surface area contributed by atoms with Gasteiger partial charge in [0.05, 0.1) is 16.6 Å². The zero-order valence-corrected chi connectivity index (χ0v) is 20.8. The van der Waals surface area contributed by atoms with Crippen LogP contribution in [-0.2, 0) is 19.7 Å². The standard InChI is InChI=1S/C23H37NO7S/c1-7-11-22(3,4)20(25)30-18-10-9-16(17(14-24)15-32(27,28)29)13-19(18)31-21(26)23(5,6)12-8-2/h9-10,13,17H,7-8,11-12,14-15,24H2,1-6H3,(H,27,28,29). The van der Waals surface area contributed by atoms with Crippen molar-refractivity contribution in [1.29, 1.82) is 0 Å². The van der Waals surface area contributed by atoms with Crippen molar-refractivity contribution >= 4 is 22.1 Å². The van der Waals surface area contributed by atoms with Crippen molar-refractivity contribution in [1.82, 2.24) is 0 Å². The molecule has 0 aliphatic carbocycles. The van der Waals surface area contributed by atoms with Crippen LogP contribution in [0.5, 0.6) is 11.5 Å². The van der Waals surface area contributed by atoms with Crippen LogP contribution in [0.25, 0.3) is 0 Å². The summed E-state index contributed by atoms with van der Waals surface area (Å²) in [7, 11) is -4.28. The molecule has 0 fully saturated rings. The second-order valence-electron chi connectivity index (χ2n) is 9.43. The Bertz CT molecular complexity index is 907. The van der Waals surface area contributed by atoms with Gasteiger partial charge in [0.25, 0.3) is 10.1 Å². The van der Waals surface area contributed by atoms with Gasteiger partial charge in [0.15, 0.2) is 11.5 Å². The fourth-order valence-electron chi connectivity index (χ4n) is 3.43. The number of esters is 2. The van der Waals surface area contributed by atoms with E-state index in [0.717, 1.165) is 12.8 Å². The van der Waals surface area contributed by atoms with Crippen molar-refractivity contribution in [2.24, 2.45) is 16.6 Å². The van der Waals surface area contributed by atoms with Crippen molar-refractivity contribution in [3.63, 3.8) is 0 Å². The first kappa shape index (κ1) is 28.1. The van der Waals surface area contributed by atoms with Crippen molar-refractivity contribution in [3.05, 3.63) is 23.8 Å². The Hall–Kier alpha value is -1.97. The van der Waals surface area contributed by atoms with Gasteiger partial charge in [0, 0.05) is 12.5 Å². The SMILES string of the molecule is CCCC(C)(C)C(=O)Oc1ccc(C(CN)CS(=O)(=O)O)cc1OC(=O)C(C)(C)CCC. The average Bonchev–Trinajstić information content (AvgIpc) is 2.66. The Morgan fingerprint density at radius 2 is 1.44 bits per heavy atom. The molecule has 0 saturated carbocycles. The Morgan fingerprint density at radius 1 is 0.969 bits per heavy atom. The van der Waals surface area contributed by atoms with E-state index in [1.807, 2.05) is 13.8 Å². The molecule has 8 nitrogen and oxygen atoms in total. The van der Waals surface area contributed by atoms with E-state index >= 15 is 0 Å². The lowest BCUT2D eigenvalue weighted by Gasteiger charge is -2.25. The quantitative estimate of drug-likeness (QED) is 0.265. The van der Waals surface area contributed by atoms with Gasteiger partial charge in [-0.2, -0.15) is 8.42 Å². The number of rotatable bonds is 12. The first-order valence-corrected chi connectivity index (χ1v) is 12.5. The number of ether oxygens (including phenoxy) is 2. The monoisotopic (exact) mass is 471 g/mol. The summed E-state index contributed by atoms with van der Waals surface area (Å²) in [4.78, 5) is 25.5. The predicted octanol–water partition coefficient (Wildman–Crippen LogP) is 4.08. The molecule has 1 atom stereocenters. The Morgan fingerprint density at radius 3 is 1.84 bits per heavy atom. The van der Waals surface area contributed by atoms with E-state index in [1.54, 1.807) is 33.8 Å². The highest BCUT2D eigenvalue weighted by Gasteiger charge is 2.32. The molecule has 1 aromatic rings. The average molecular weight is 472 g/mol. The van der Waals surface area contributed by atoms with E-state index in [2.05, 4.69) is 0 Å². The number of carbonyl (C=O) groups is 2. The summed E-state index contributed by atoms with van der Waals surface area (Å²) >= 11 is 0. The third-order valence-electron chi connectivity index (χ3n) is 5.40. The van der Waals surface area contributed by atoms with Crippen molar-refractivity contribution in [2.45, 2.75) is 73.1 Å². The Balaban J connectivity index is 3.39. The molecular weight excluding hydrogens is 434 g/mol. The minimum atomic E-state index is -4.28. The topological polar surface area (TPSA) is 133 Å². The molecule has 1 unspecified atom stereocenters. The maximum atomic E-state index is 12.8. The van der Waals surface area contributed by atoms with E-state index < -0.39 is 44.6 Å². The van der Waals surface area contributed by atoms with Gasteiger partial charge >= 0.3 is 11.9 Å². The highest BCUT2D eigenvalue weighted by atomic mass is 32.2. The number of benzene rings is 1. The molecule has 0 saturated heterocycles. The summed E-state index contributed by atoms with van der Waals surface area (Å²) in [5, 5.41) is 0. The lowest BCUT2D eigenvalue weighted by Crippen LogP contribution is -2.31. The molecule has 0 spiro atoms. The van der Waals surface area contributed by atoms with Gasteiger partial charge in [-0.05, 0) is 58.2 Å². The maximum absolute atomic E-state index is 12.8. The third kappa shape index (κ3) is 8.18. The molecule has 0 bridgehead atoms. The molecule has 0 heterocycles. The van der Waals surface area contributed by atoms with E-state index in [0.29, 0.717) is 18.4 Å². The summed E-state index contributed by atoms with van der Waals surface area (Å²) < 4.78 is 43.2. The van der Waals surface area contributed by atoms with Crippen LogP contribution in [0.15, 0.2) is 18.2 Å². The number of hydrogen-bond donors (Lipinski definition) is 2. The van der Waals surface area contributed by atoms with Crippen molar-refractivity contribution < 1.29 is 32.0 Å². The molecule has 32 heavy (non-hydrogen) atoms. The number of hydrogen-bond acceptors (Lipinski definition) is 7. The molecule has 182 valence electrons. The molecule has 0 aliphatic heterocycles. The Labute approximate surface area is 191 Å². The van der Waals surface area contributed by atoms with Crippen molar-refractivity contribution in [3.8, 4) is 11.5 Å². The summed E-state index contributed by atoms with van der Waals surface area (Å²) in [6.45, 7) is 10.9. The number of carbonyl (C=O) groups excluding carboxylic acids is 2. The molecule has 0 aliphatic rings. The van der Waals surface area contributed by atoms with Gasteiger partial charge in [-0.15, -0.1) is 0 Å². The van der Waals surface area contributed by atoms with Crippen LogP contribution in [0.2, 0.25) is 0 Å². The second-order valence-corrected chi connectivity index (χ2v) is 10.9. The molecule has 1 rings (SSSR count). The fourth-order valence-corrected chi connectivity index (χ4v) is 4.26. The van der Waals surface area contributed by atoms with E-state index in [9.17, 15) is 22.6 Å². The largest absolute Gasteiger partial charge is 0.422 e. The first-order chi connectivity index (χ1) is 14.7. The lowest BCUT2D eigenvalue weighted by molar-refractivity contribution is -0.147. The zero-order valence-electron chi connectivity index (χ0n) is 19.9. The second kappa shape index (κ2) is 11.2. The Kier molecular flexibility index (Phi) is 9.86. The van der Waals surface area contributed by atoms with Crippen LogP contribution in [0.4, 0.5) is 0 Å². The molecule has 0 aromatic heterocycles. The number of nitrogens with two attached hydrogens (primary N) is 1. The molecular formula is C23H37NO7S. The predicted molar refractivity (Wildman–Crippen MR) is 123 cm³/mol. The van der Waals surface area contributed by atoms with Crippen LogP contribution >= 0.6 is 0 Å². The van der Waals surface area contributed by atoms with E-state index in [4.69, 9.17) is 15.2 Å². The molecule has 1 aromatic carbocycles. The van der Waals surface area contributed by atoms with Crippen LogP contribution < -0.4 is 15.2 Å². The van der Waals surface area contributed by atoms with Gasteiger partial charge in [-0.25, -0.2) is 0 Å². The van der Waals surface area contributed by atoms with E-state index in [1.165, 1.54) is 12.1 Å². The molecule has 3 N–H and O–H groups in total. The minimum Gasteiger partial charge on any atom is -0.422 e. The van der Waals surface area contributed by atoms with Gasteiger partial charge < -0.3 is 15.2 Å². The van der Waals surface area contributed by atoms with Crippen molar-refractivity contribution in [2.75, 3.05) is 12.3 Å². The van der Waals surface area contributed by atoms with Crippen LogP contribution in [0.1, 0.15) is 78.7 Å². The maximum Gasteiger partial charge on any atom is 0.317 e. The van der Waals surface area contributed by atoms with E-state index in [-0.39, 0.29) is 18.0 Å². The fraction of sp³-hybridized carbons (Fsp3) is 0.652. The lowest BCUT2D eigenvalue weighted by atomic mass is 9.88. The van der Waals surface area contributed by atoms with Gasteiger partial charge in [-0.1, -0.05) is 32.8 Å². The minimum absolute atomic E-state index is 0.00566. The van der Waals surface area contributed by atoms with Crippen LogP contribution in [0, 0.1) is 10.8 Å².